The molecule has 0 atom stereocenters. The number of hydrogen-bond donors (Lipinski definition) is 0. The highest BCUT2D eigenvalue weighted by Crippen LogP contribution is 2.26. The molecule has 8 heteroatoms. The van der Waals surface area contributed by atoms with Gasteiger partial charge in [-0.25, -0.2) is 4.39 Å². The largest absolute Gasteiger partial charge is 0.366 e. The van der Waals surface area contributed by atoms with Crippen molar-refractivity contribution in [2.45, 2.75) is 0 Å². The minimum atomic E-state index is -0.616. The summed E-state index contributed by atoms with van der Waals surface area (Å²) in [5, 5.41) is 11.4. The number of halogens is 2. The summed E-state index contributed by atoms with van der Waals surface area (Å²) in [6, 6.07) is 10.5. The molecular formula is C17H15ClFN3O3. The van der Waals surface area contributed by atoms with Crippen LogP contribution in [0.25, 0.3) is 0 Å². The predicted molar refractivity (Wildman–Crippen MR) is 92.6 cm³/mol. The zero-order valence-electron chi connectivity index (χ0n) is 13.2. The van der Waals surface area contributed by atoms with Crippen molar-refractivity contribution >= 4 is 28.9 Å². The van der Waals surface area contributed by atoms with Crippen LogP contribution in [0.3, 0.4) is 0 Å². The Kier molecular flexibility index (Phi) is 4.85. The van der Waals surface area contributed by atoms with Gasteiger partial charge < -0.3 is 9.80 Å². The lowest BCUT2D eigenvalue weighted by Crippen LogP contribution is -2.49. The molecule has 0 N–H and O–H groups in total. The first-order valence-corrected chi connectivity index (χ1v) is 8.08. The van der Waals surface area contributed by atoms with Crippen LogP contribution in [-0.4, -0.2) is 41.9 Å². The number of benzene rings is 2. The number of carbonyl (C=O) groups excluding carboxylic acids is 1. The van der Waals surface area contributed by atoms with Gasteiger partial charge in [0.2, 0.25) is 0 Å². The number of rotatable bonds is 3. The molecule has 1 aliphatic rings. The van der Waals surface area contributed by atoms with Crippen molar-refractivity contribution < 1.29 is 14.1 Å². The molecular weight excluding hydrogens is 349 g/mol. The monoisotopic (exact) mass is 363 g/mol. The first kappa shape index (κ1) is 17.2. The Bertz CT molecular complexity index is 823. The maximum atomic E-state index is 13.9. The van der Waals surface area contributed by atoms with Crippen molar-refractivity contribution in [3.8, 4) is 0 Å². The zero-order chi connectivity index (χ0) is 18.0. The molecule has 0 aliphatic carbocycles. The van der Waals surface area contributed by atoms with Crippen LogP contribution < -0.4 is 4.90 Å². The summed E-state index contributed by atoms with van der Waals surface area (Å²) < 4.78 is 13.9. The minimum absolute atomic E-state index is 0.00809. The Morgan fingerprint density at radius 1 is 1.12 bits per heavy atom. The van der Waals surface area contributed by atoms with E-state index in [1.54, 1.807) is 18.2 Å². The molecule has 3 rings (SSSR count). The molecule has 1 saturated heterocycles. The van der Waals surface area contributed by atoms with E-state index in [2.05, 4.69) is 0 Å². The third-order valence-corrected chi connectivity index (χ3v) is 4.38. The maximum Gasteiger partial charge on any atom is 0.283 e. The van der Waals surface area contributed by atoms with Gasteiger partial charge in [0.05, 0.1) is 10.6 Å². The fourth-order valence-electron chi connectivity index (χ4n) is 2.87. The quantitative estimate of drug-likeness (QED) is 0.619. The number of carbonyl (C=O) groups is 1. The van der Waals surface area contributed by atoms with Crippen molar-refractivity contribution in [3.63, 3.8) is 0 Å². The zero-order valence-corrected chi connectivity index (χ0v) is 13.9. The standard InChI is InChI=1S/C17H15ClFN3O3/c18-12-5-6-13(16(11-12)22(24)25)17(23)21-9-7-20(8-10-21)15-4-2-1-3-14(15)19/h1-6,11H,7-10H2. The van der Waals surface area contributed by atoms with E-state index in [0.717, 1.165) is 0 Å². The van der Waals surface area contributed by atoms with Gasteiger partial charge in [-0.05, 0) is 24.3 Å². The van der Waals surface area contributed by atoms with Crippen LogP contribution in [0.2, 0.25) is 5.02 Å². The average molecular weight is 364 g/mol. The van der Waals surface area contributed by atoms with E-state index < -0.39 is 10.8 Å². The van der Waals surface area contributed by atoms with Crippen LogP contribution in [-0.2, 0) is 0 Å². The van der Waals surface area contributed by atoms with Crippen LogP contribution >= 0.6 is 11.6 Å². The average Bonchev–Trinajstić information content (AvgIpc) is 2.61. The molecule has 2 aromatic carbocycles. The third kappa shape index (κ3) is 3.56. The van der Waals surface area contributed by atoms with E-state index in [0.29, 0.717) is 31.9 Å². The smallest absolute Gasteiger partial charge is 0.283 e. The summed E-state index contributed by atoms with van der Waals surface area (Å²) in [6.07, 6.45) is 0. The van der Waals surface area contributed by atoms with Crippen molar-refractivity contribution in [1.29, 1.82) is 0 Å². The molecule has 1 heterocycles. The SMILES string of the molecule is O=C(c1ccc(Cl)cc1[N+](=O)[O-])N1CCN(c2ccccc2F)CC1. The number of amides is 1. The predicted octanol–water partition coefficient (Wildman–Crippen LogP) is 3.35. The molecule has 1 aliphatic heterocycles. The Balaban J connectivity index is 1.74. The lowest BCUT2D eigenvalue weighted by atomic mass is 10.1. The second kappa shape index (κ2) is 7.06. The molecule has 0 bridgehead atoms. The normalized spacial score (nSPS) is 14.5. The Morgan fingerprint density at radius 2 is 1.80 bits per heavy atom. The highest BCUT2D eigenvalue weighted by atomic mass is 35.5. The van der Waals surface area contributed by atoms with E-state index in [4.69, 9.17) is 11.6 Å². The molecule has 1 fully saturated rings. The summed E-state index contributed by atoms with van der Waals surface area (Å²) in [4.78, 5) is 26.6. The summed E-state index contributed by atoms with van der Waals surface area (Å²) in [5.74, 6) is -0.729. The van der Waals surface area contributed by atoms with Crippen molar-refractivity contribution in [2.24, 2.45) is 0 Å². The highest BCUT2D eigenvalue weighted by Gasteiger charge is 2.28. The van der Waals surface area contributed by atoms with Gasteiger partial charge in [-0.15, -0.1) is 0 Å². The van der Waals surface area contributed by atoms with E-state index in [1.807, 2.05) is 4.90 Å². The summed E-state index contributed by atoms with van der Waals surface area (Å²) in [7, 11) is 0. The van der Waals surface area contributed by atoms with Crippen LogP contribution in [0.5, 0.6) is 0 Å². The number of nitro groups is 1. The van der Waals surface area contributed by atoms with Gasteiger partial charge in [0.1, 0.15) is 11.4 Å². The highest BCUT2D eigenvalue weighted by molar-refractivity contribution is 6.31. The first-order valence-electron chi connectivity index (χ1n) is 7.70. The second-order valence-electron chi connectivity index (χ2n) is 5.65. The topological polar surface area (TPSA) is 66.7 Å². The van der Waals surface area contributed by atoms with Gasteiger partial charge >= 0.3 is 0 Å². The molecule has 2 aromatic rings. The summed E-state index contributed by atoms with van der Waals surface area (Å²) in [6.45, 7) is 1.61. The fourth-order valence-corrected chi connectivity index (χ4v) is 3.03. The Morgan fingerprint density at radius 3 is 2.44 bits per heavy atom. The van der Waals surface area contributed by atoms with Crippen molar-refractivity contribution in [2.75, 3.05) is 31.1 Å². The molecule has 1 amide bonds. The Hall–Kier alpha value is -2.67. The third-order valence-electron chi connectivity index (χ3n) is 4.15. The Labute approximate surface area is 148 Å². The molecule has 0 radical (unpaired) electrons. The van der Waals surface area contributed by atoms with Crippen molar-refractivity contribution in [1.82, 2.24) is 4.90 Å². The molecule has 0 spiro atoms. The van der Waals surface area contributed by atoms with Crippen molar-refractivity contribution in [3.05, 3.63) is 69.0 Å². The number of hydrogen-bond acceptors (Lipinski definition) is 4. The fraction of sp³-hybridized carbons (Fsp3) is 0.235. The minimum Gasteiger partial charge on any atom is -0.366 e. The summed E-state index contributed by atoms with van der Waals surface area (Å²) in [5.41, 5.74) is 0.190. The number of para-hydroxylation sites is 1. The van der Waals surface area contributed by atoms with E-state index in [-0.39, 0.29) is 22.1 Å². The van der Waals surface area contributed by atoms with Gasteiger partial charge in [-0.3, -0.25) is 14.9 Å². The van der Waals surface area contributed by atoms with E-state index >= 15 is 0 Å². The van der Waals surface area contributed by atoms with Gasteiger partial charge in [-0.1, -0.05) is 23.7 Å². The maximum absolute atomic E-state index is 13.9. The van der Waals surface area contributed by atoms with Crippen LogP contribution in [0.1, 0.15) is 10.4 Å². The van der Waals surface area contributed by atoms with Crippen LogP contribution in [0, 0.1) is 15.9 Å². The molecule has 130 valence electrons. The lowest BCUT2D eigenvalue weighted by Gasteiger charge is -2.36. The molecule has 0 saturated carbocycles. The van der Waals surface area contributed by atoms with Gasteiger partial charge in [0.25, 0.3) is 11.6 Å². The number of anilines is 1. The summed E-state index contributed by atoms with van der Waals surface area (Å²) >= 11 is 5.78. The van der Waals surface area contributed by atoms with Gasteiger partial charge in [0, 0.05) is 37.3 Å². The van der Waals surface area contributed by atoms with Crippen LogP contribution in [0.15, 0.2) is 42.5 Å². The lowest BCUT2D eigenvalue weighted by molar-refractivity contribution is -0.385. The van der Waals surface area contributed by atoms with E-state index in [1.165, 1.54) is 29.2 Å². The van der Waals surface area contributed by atoms with Crippen LogP contribution in [0.4, 0.5) is 15.8 Å². The number of nitro benzene ring substituents is 1. The van der Waals surface area contributed by atoms with E-state index in [9.17, 15) is 19.3 Å². The molecule has 0 aromatic heterocycles. The number of nitrogens with zero attached hydrogens (tertiary/aromatic N) is 3. The van der Waals surface area contributed by atoms with Gasteiger partial charge in [0.15, 0.2) is 0 Å². The number of piperazine rings is 1. The molecule has 6 nitrogen and oxygen atoms in total. The second-order valence-corrected chi connectivity index (χ2v) is 6.09. The molecule has 0 unspecified atom stereocenters. The van der Waals surface area contributed by atoms with Gasteiger partial charge in [-0.2, -0.15) is 0 Å². The molecule has 25 heavy (non-hydrogen) atoms. The first-order chi connectivity index (χ1) is 12.0.